The van der Waals surface area contributed by atoms with Gasteiger partial charge in [-0.1, -0.05) is 0 Å². The molecule has 1 aliphatic heterocycles. The average molecular weight is 262 g/mol. The molecule has 7 heteroatoms. The van der Waals surface area contributed by atoms with E-state index < -0.39 is 12.0 Å². The largest absolute Gasteiger partial charge is 0.480 e. The van der Waals surface area contributed by atoms with E-state index in [0.717, 1.165) is 38.6 Å². The molecule has 1 rings (SSSR count). The van der Waals surface area contributed by atoms with Crippen molar-refractivity contribution in [2.24, 2.45) is 0 Å². The Morgan fingerprint density at radius 3 is 2.82 bits per heavy atom. The van der Waals surface area contributed by atoms with Crippen LogP contribution in [-0.2, 0) is 14.3 Å². The van der Waals surface area contributed by atoms with E-state index in [1.807, 2.05) is 0 Å². The fraction of sp³-hybridized carbons (Fsp3) is 0.800. The van der Waals surface area contributed by atoms with E-state index in [1.54, 1.807) is 0 Å². The summed E-state index contributed by atoms with van der Waals surface area (Å²) < 4.78 is 5.23. The Hall–Kier alpha value is -0.790. The summed E-state index contributed by atoms with van der Waals surface area (Å²) in [5.41, 5.74) is 0. The van der Waals surface area contributed by atoms with Crippen molar-refractivity contribution < 1.29 is 19.4 Å². The maximum Gasteiger partial charge on any atom is 0.327 e. The molecule has 1 heterocycles. The first-order valence-electron chi connectivity index (χ1n) is 5.54. The quantitative estimate of drug-likeness (QED) is 0.443. The van der Waals surface area contributed by atoms with E-state index in [0.29, 0.717) is 12.2 Å². The van der Waals surface area contributed by atoms with Crippen molar-refractivity contribution in [2.45, 2.75) is 6.04 Å². The third-order valence-corrected chi connectivity index (χ3v) is 3.55. The first kappa shape index (κ1) is 14.3. The Bertz CT molecular complexity index is 246. The number of rotatable bonds is 8. The van der Waals surface area contributed by atoms with Crippen LogP contribution in [0.1, 0.15) is 0 Å². The van der Waals surface area contributed by atoms with Crippen LogP contribution in [0, 0.1) is 0 Å². The number of carbonyl (C=O) groups excluding carboxylic acids is 1. The molecule has 0 saturated carbocycles. The normalized spacial score (nSPS) is 18.6. The standard InChI is InChI=1S/C10H18N2O4S/c13-8-11-9(10(14)15)7-17-6-3-12-1-4-16-5-2-12/h8-9H,1-7H2,(H,11,13)(H,14,15). The van der Waals surface area contributed by atoms with Crippen molar-refractivity contribution in [2.75, 3.05) is 44.4 Å². The number of ether oxygens (including phenoxy) is 1. The van der Waals surface area contributed by atoms with E-state index in [-0.39, 0.29) is 0 Å². The van der Waals surface area contributed by atoms with Gasteiger partial charge in [-0.3, -0.25) is 9.69 Å². The van der Waals surface area contributed by atoms with Crippen LogP contribution in [0.2, 0.25) is 0 Å². The molecule has 1 aliphatic rings. The summed E-state index contributed by atoms with van der Waals surface area (Å²) in [6, 6.07) is -0.790. The van der Waals surface area contributed by atoms with Crippen molar-refractivity contribution in [3.05, 3.63) is 0 Å². The van der Waals surface area contributed by atoms with Crippen molar-refractivity contribution in [3.63, 3.8) is 0 Å². The van der Waals surface area contributed by atoms with Gasteiger partial charge in [-0.25, -0.2) is 4.79 Å². The van der Waals surface area contributed by atoms with Gasteiger partial charge in [-0.05, 0) is 0 Å². The zero-order chi connectivity index (χ0) is 12.5. The van der Waals surface area contributed by atoms with Gasteiger partial charge in [-0.15, -0.1) is 0 Å². The van der Waals surface area contributed by atoms with Gasteiger partial charge in [0.1, 0.15) is 6.04 Å². The second kappa shape index (κ2) is 8.32. The summed E-state index contributed by atoms with van der Waals surface area (Å²) >= 11 is 1.54. The molecule has 0 radical (unpaired) electrons. The molecule has 98 valence electrons. The number of thioether (sulfide) groups is 1. The number of carboxylic acid groups (broad SMARTS) is 1. The molecular weight excluding hydrogens is 244 g/mol. The fourth-order valence-corrected chi connectivity index (χ4v) is 2.52. The number of aliphatic carboxylic acids is 1. The van der Waals surface area contributed by atoms with Crippen LogP contribution >= 0.6 is 11.8 Å². The highest BCUT2D eigenvalue weighted by atomic mass is 32.2. The third-order valence-electron chi connectivity index (χ3n) is 2.51. The predicted molar refractivity (Wildman–Crippen MR) is 65.2 cm³/mol. The highest BCUT2D eigenvalue weighted by molar-refractivity contribution is 7.99. The van der Waals surface area contributed by atoms with Crippen molar-refractivity contribution in [1.82, 2.24) is 10.2 Å². The highest BCUT2D eigenvalue weighted by Crippen LogP contribution is 2.05. The molecule has 0 aromatic heterocycles. The molecule has 1 atom stereocenters. The molecule has 0 spiro atoms. The third kappa shape index (κ3) is 5.90. The Morgan fingerprint density at radius 1 is 1.53 bits per heavy atom. The molecule has 17 heavy (non-hydrogen) atoms. The number of hydrogen-bond acceptors (Lipinski definition) is 5. The summed E-state index contributed by atoms with van der Waals surface area (Å²) in [7, 11) is 0. The second-order valence-corrected chi connectivity index (χ2v) is 4.85. The van der Waals surface area contributed by atoms with Crippen LogP contribution < -0.4 is 5.32 Å². The smallest absolute Gasteiger partial charge is 0.327 e. The second-order valence-electron chi connectivity index (χ2n) is 3.70. The van der Waals surface area contributed by atoms with Gasteiger partial charge < -0.3 is 15.2 Å². The molecule has 1 saturated heterocycles. The zero-order valence-electron chi connectivity index (χ0n) is 9.63. The van der Waals surface area contributed by atoms with E-state index >= 15 is 0 Å². The number of hydrogen-bond donors (Lipinski definition) is 2. The number of nitrogens with zero attached hydrogens (tertiary/aromatic N) is 1. The molecule has 1 fully saturated rings. The van der Waals surface area contributed by atoms with Crippen LogP contribution in [-0.4, -0.2) is 72.8 Å². The molecule has 1 unspecified atom stereocenters. The lowest BCUT2D eigenvalue weighted by molar-refractivity contribution is -0.139. The summed E-state index contributed by atoms with van der Waals surface area (Å²) in [6.45, 7) is 4.36. The van der Waals surface area contributed by atoms with E-state index in [1.165, 1.54) is 11.8 Å². The minimum atomic E-state index is -0.990. The van der Waals surface area contributed by atoms with Gasteiger partial charge in [0.25, 0.3) is 0 Å². The van der Waals surface area contributed by atoms with Crippen molar-refractivity contribution in [3.8, 4) is 0 Å². The van der Waals surface area contributed by atoms with Gasteiger partial charge in [-0.2, -0.15) is 11.8 Å². The number of carboxylic acids is 1. The fourth-order valence-electron chi connectivity index (χ4n) is 1.49. The number of amides is 1. The van der Waals surface area contributed by atoms with Gasteiger partial charge >= 0.3 is 5.97 Å². The molecular formula is C10H18N2O4S. The van der Waals surface area contributed by atoms with Gasteiger partial charge in [0.15, 0.2) is 0 Å². The van der Waals surface area contributed by atoms with Crippen LogP contribution in [0.5, 0.6) is 0 Å². The van der Waals surface area contributed by atoms with Crippen LogP contribution in [0.15, 0.2) is 0 Å². The first-order chi connectivity index (χ1) is 8.24. The number of carbonyl (C=O) groups is 2. The lowest BCUT2D eigenvalue weighted by Gasteiger charge is -2.26. The Labute approximate surface area is 105 Å². The molecule has 6 nitrogen and oxygen atoms in total. The van der Waals surface area contributed by atoms with Gasteiger partial charge in [0.2, 0.25) is 6.41 Å². The van der Waals surface area contributed by atoms with Gasteiger partial charge in [0.05, 0.1) is 13.2 Å². The van der Waals surface area contributed by atoms with Crippen LogP contribution in [0.3, 0.4) is 0 Å². The van der Waals surface area contributed by atoms with E-state index in [2.05, 4.69) is 10.2 Å². The lowest BCUT2D eigenvalue weighted by atomic mass is 10.3. The number of nitrogens with one attached hydrogen (secondary N) is 1. The first-order valence-corrected chi connectivity index (χ1v) is 6.70. The predicted octanol–water partition coefficient (Wildman–Crippen LogP) is -0.749. The molecule has 2 N–H and O–H groups in total. The summed E-state index contributed by atoms with van der Waals surface area (Å²) in [5.74, 6) is 0.277. The molecule has 0 aromatic carbocycles. The average Bonchev–Trinajstić information content (AvgIpc) is 2.34. The van der Waals surface area contributed by atoms with Crippen molar-refractivity contribution in [1.29, 1.82) is 0 Å². The monoisotopic (exact) mass is 262 g/mol. The number of morpholine rings is 1. The van der Waals surface area contributed by atoms with E-state index in [4.69, 9.17) is 9.84 Å². The van der Waals surface area contributed by atoms with Crippen LogP contribution in [0.4, 0.5) is 0 Å². The van der Waals surface area contributed by atoms with Gasteiger partial charge in [0, 0.05) is 31.1 Å². The molecule has 0 aromatic rings. The van der Waals surface area contributed by atoms with E-state index in [9.17, 15) is 9.59 Å². The molecule has 0 bridgehead atoms. The Morgan fingerprint density at radius 2 is 2.24 bits per heavy atom. The Balaban J connectivity index is 2.08. The summed E-state index contributed by atoms with van der Waals surface area (Å²) in [5, 5.41) is 11.1. The molecule has 0 aliphatic carbocycles. The Kier molecular flexibility index (Phi) is 6.99. The maximum absolute atomic E-state index is 10.7. The minimum absolute atomic E-state index is 0.401. The molecule has 1 amide bonds. The summed E-state index contributed by atoms with van der Waals surface area (Å²) in [6.07, 6.45) is 0.432. The lowest BCUT2D eigenvalue weighted by Crippen LogP contribution is -2.39. The minimum Gasteiger partial charge on any atom is -0.480 e. The SMILES string of the molecule is O=CNC(CSCCN1CCOCC1)C(=O)O. The topological polar surface area (TPSA) is 78.9 Å². The van der Waals surface area contributed by atoms with Crippen molar-refractivity contribution >= 4 is 24.1 Å². The highest BCUT2D eigenvalue weighted by Gasteiger charge is 2.16. The summed E-state index contributed by atoms with van der Waals surface area (Å²) in [4.78, 5) is 23.2. The van der Waals surface area contributed by atoms with Crippen LogP contribution in [0.25, 0.3) is 0 Å². The maximum atomic E-state index is 10.7. The zero-order valence-corrected chi connectivity index (χ0v) is 10.4.